The first-order valence-corrected chi connectivity index (χ1v) is 7.65. The van der Waals surface area contributed by atoms with Crippen molar-refractivity contribution in [3.63, 3.8) is 0 Å². The molecule has 5 heteroatoms. The van der Waals surface area contributed by atoms with Crippen LogP contribution in [0.2, 0.25) is 0 Å². The number of carbonyl (C=O) groups excluding carboxylic acids is 2. The molecular weight excluding hydrogens is 270 g/mol. The van der Waals surface area contributed by atoms with Crippen LogP contribution in [0.5, 0.6) is 0 Å². The van der Waals surface area contributed by atoms with E-state index < -0.39 is 5.60 Å². The van der Waals surface area contributed by atoms with Crippen molar-refractivity contribution >= 4 is 12.1 Å². The molecule has 1 atom stereocenters. The van der Waals surface area contributed by atoms with Crippen molar-refractivity contribution in [2.75, 3.05) is 19.7 Å². The molecule has 120 valence electrons. The summed E-state index contributed by atoms with van der Waals surface area (Å²) in [7, 11) is 0. The van der Waals surface area contributed by atoms with Crippen LogP contribution in [0.25, 0.3) is 0 Å². The van der Waals surface area contributed by atoms with Gasteiger partial charge in [0.05, 0.1) is 5.92 Å². The fourth-order valence-electron chi connectivity index (χ4n) is 2.05. The van der Waals surface area contributed by atoms with E-state index in [4.69, 9.17) is 9.47 Å². The molecule has 1 rings (SSSR count). The molecule has 1 fully saturated rings. The fraction of sp³-hybridized carbons (Fsp3) is 0.750. The number of nitrogens with zero attached hydrogens (tertiary/aromatic N) is 1. The lowest BCUT2D eigenvalue weighted by atomic mass is 9.98. The van der Waals surface area contributed by atoms with E-state index in [9.17, 15) is 9.59 Å². The van der Waals surface area contributed by atoms with Gasteiger partial charge in [0.25, 0.3) is 0 Å². The molecule has 0 radical (unpaired) electrons. The molecule has 1 aliphatic heterocycles. The van der Waals surface area contributed by atoms with Crippen molar-refractivity contribution in [2.24, 2.45) is 5.92 Å². The molecule has 0 aromatic rings. The van der Waals surface area contributed by atoms with Gasteiger partial charge in [0, 0.05) is 13.1 Å². The molecule has 1 aliphatic rings. The second kappa shape index (κ2) is 8.05. The highest BCUT2D eigenvalue weighted by Crippen LogP contribution is 2.21. The van der Waals surface area contributed by atoms with Crippen molar-refractivity contribution < 1.29 is 19.1 Å². The fourth-order valence-corrected chi connectivity index (χ4v) is 2.05. The zero-order chi connectivity index (χ0) is 15.9. The third kappa shape index (κ3) is 5.78. The van der Waals surface area contributed by atoms with E-state index >= 15 is 0 Å². The van der Waals surface area contributed by atoms with E-state index in [1.807, 2.05) is 33.8 Å². The van der Waals surface area contributed by atoms with Crippen molar-refractivity contribution in [1.29, 1.82) is 0 Å². The van der Waals surface area contributed by atoms with Crippen LogP contribution in [0.1, 0.15) is 47.0 Å². The number of likely N-dealkylation sites (tertiary alicyclic amines) is 1. The summed E-state index contributed by atoms with van der Waals surface area (Å²) in [6.07, 6.45) is 5.59. The van der Waals surface area contributed by atoms with Gasteiger partial charge in [0.1, 0.15) is 12.2 Å². The van der Waals surface area contributed by atoms with Gasteiger partial charge in [0.15, 0.2) is 0 Å². The quantitative estimate of drug-likeness (QED) is 0.578. The van der Waals surface area contributed by atoms with Crippen LogP contribution in [0, 0.1) is 5.92 Å². The SMILES string of the molecule is C/C=C\COC(=O)C1CCCN(C(=O)OC(C)(C)CC)C1. The highest BCUT2D eigenvalue weighted by atomic mass is 16.6. The van der Waals surface area contributed by atoms with Crippen molar-refractivity contribution in [1.82, 2.24) is 4.90 Å². The highest BCUT2D eigenvalue weighted by Gasteiger charge is 2.32. The average Bonchev–Trinajstić information content (AvgIpc) is 2.47. The molecule has 0 aromatic heterocycles. The summed E-state index contributed by atoms with van der Waals surface area (Å²) in [6, 6.07) is 0. The second-order valence-corrected chi connectivity index (χ2v) is 5.97. The lowest BCUT2D eigenvalue weighted by Gasteiger charge is -2.33. The predicted octanol–water partition coefficient (Wildman–Crippen LogP) is 3.14. The summed E-state index contributed by atoms with van der Waals surface area (Å²) in [4.78, 5) is 25.7. The third-order valence-electron chi connectivity index (χ3n) is 3.79. The third-order valence-corrected chi connectivity index (χ3v) is 3.79. The lowest BCUT2D eigenvalue weighted by molar-refractivity contribution is -0.148. The number of piperidine rings is 1. The van der Waals surface area contributed by atoms with Crippen molar-refractivity contribution in [3.05, 3.63) is 12.2 Å². The molecule has 5 nitrogen and oxygen atoms in total. The Morgan fingerprint density at radius 2 is 2.10 bits per heavy atom. The minimum atomic E-state index is -0.476. The van der Waals surface area contributed by atoms with Gasteiger partial charge in [-0.05, 0) is 40.0 Å². The van der Waals surface area contributed by atoms with Crippen LogP contribution >= 0.6 is 0 Å². The lowest BCUT2D eigenvalue weighted by Crippen LogP contribution is -2.45. The number of esters is 1. The summed E-state index contributed by atoms with van der Waals surface area (Å²) in [5, 5.41) is 0. The Morgan fingerprint density at radius 3 is 2.71 bits per heavy atom. The number of amides is 1. The molecule has 0 N–H and O–H groups in total. The van der Waals surface area contributed by atoms with Crippen LogP contribution in [0.4, 0.5) is 4.79 Å². The van der Waals surface area contributed by atoms with Gasteiger partial charge in [0.2, 0.25) is 0 Å². The second-order valence-electron chi connectivity index (χ2n) is 5.97. The van der Waals surface area contributed by atoms with Gasteiger partial charge in [-0.2, -0.15) is 0 Å². The van der Waals surface area contributed by atoms with Crippen LogP contribution in [-0.2, 0) is 14.3 Å². The zero-order valence-electron chi connectivity index (χ0n) is 13.6. The van der Waals surface area contributed by atoms with Gasteiger partial charge >= 0.3 is 12.1 Å². The molecule has 1 amide bonds. The molecule has 0 bridgehead atoms. The maximum atomic E-state index is 12.1. The molecule has 0 spiro atoms. The number of hydrogen-bond donors (Lipinski definition) is 0. The minimum Gasteiger partial charge on any atom is -0.461 e. The summed E-state index contributed by atoms with van der Waals surface area (Å²) in [5.41, 5.74) is -0.476. The maximum absolute atomic E-state index is 12.1. The predicted molar refractivity (Wildman–Crippen MR) is 80.9 cm³/mol. The normalized spacial score (nSPS) is 19.6. The summed E-state index contributed by atoms with van der Waals surface area (Å²) in [6.45, 7) is 8.94. The number of allylic oxidation sites excluding steroid dienone is 1. The van der Waals surface area contributed by atoms with Crippen LogP contribution in [0.15, 0.2) is 12.2 Å². The Morgan fingerprint density at radius 1 is 1.38 bits per heavy atom. The topological polar surface area (TPSA) is 55.8 Å². The Balaban J connectivity index is 2.51. The Hall–Kier alpha value is -1.52. The van der Waals surface area contributed by atoms with Gasteiger partial charge < -0.3 is 14.4 Å². The molecule has 1 saturated heterocycles. The van der Waals surface area contributed by atoms with Crippen LogP contribution in [-0.4, -0.2) is 42.3 Å². The van der Waals surface area contributed by atoms with Gasteiger partial charge in [-0.1, -0.05) is 19.1 Å². The average molecular weight is 297 g/mol. The molecule has 1 heterocycles. The Labute approximate surface area is 127 Å². The number of hydrogen-bond acceptors (Lipinski definition) is 4. The molecule has 0 saturated carbocycles. The van der Waals surface area contributed by atoms with E-state index in [1.165, 1.54) is 0 Å². The molecule has 21 heavy (non-hydrogen) atoms. The van der Waals surface area contributed by atoms with E-state index in [0.717, 1.165) is 19.3 Å². The highest BCUT2D eigenvalue weighted by molar-refractivity contribution is 5.75. The van der Waals surface area contributed by atoms with Gasteiger partial charge in [-0.25, -0.2) is 4.79 Å². The minimum absolute atomic E-state index is 0.236. The molecule has 0 aromatic carbocycles. The summed E-state index contributed by atoms with van der Waals surface area (Å²) in [5.74, 6) is -0.485. The monoisotopic (exact) mass is 297 g/mol. The largest absolute Gasteiger partial charge is 0.461 e. The standard InChI is InChI=1S/C16H27NO4/c1-5-7-11-20-14(18)13-9-8-10-17(12-13)15(19)21-16(3,4)6-2/h5,7,13H,6,8-12H2,1-4H3/b7-5-. The van der Waals surface area contributed by atoms with Crippen LogP contribution in [0.3, 0.4) is 0 Å². The van der Waals surface area contributed by atoms with E-state index in [1.54, 1.807) is 11.0 Å². The van der Waals surface area contributed by atoms with Gasteiger partial charge in [-0.15, -0.1) is 0 Å². The molecular formula is C16H27NO4. The molecule has 1 unspecified atom stereocenters. The summed E-state index contributed by atoms with van der Waals surface area (Å²) >= 11 is 0. The summed E-state index contributed by atoms with van der Waals surface area (Å²) < 4.78 is 10.6. The van der Waals surface area contributed by atoms with E-state index in [0.29, 0.717) is 19.7 Å². The van der Waals surface area contributed by atoms with Crippen LogP contribution < -0.4 is 0 Å². The number of rotatable bonds is 5. The zero-order valence-corrected chi connectivity index (χ0v) is 13.6. The van der Waals surface area contributed by atoms with E-state index in [-0.39, 0.29) is 18.0 Å². The van der Waals surface area contributed by atoms with Crippen molar-refractivity contribution in [2.45, 2.75) is 52.6 Å². The maximum Gasteiger partial charge on any atom is 0.410 e. The smallest absolute Gasteiger partial charge is 0.410 e. The number of carbonyl (C=O) groups is 2. The molecule has 0 aliphatic carbocycles. The van der Waals surface area contributed by atoms with E-state index in [2.05, 4.69) is 0 Å². The first kappa shape index (κ1) is 17.5. The number of ether oxygens (including phenoxy) is 2. The first-order chi connectivity index (χ1) is 9.89. The first-order valence-electron chi connectivity index (χ1n) is 7.65. The Bertz CT molecular complexity index is 390. The Kier molecular flexibility index (Phi) is 6.72. The van der Waals surface area contributed by atoms with Crippen molar-refractivity contribution in [3.8, 4) is 0 Å². The van der Waals surface area contributed by atoms with Gasteiger partial charge in [-0.3, -0.25) is 4.79 Å².